The lowest BCUT2D eigenvalue weighted by atomic mass is 10.1. The summed E-state index contributed by atoms with van der Waals surface area (Å²) >= 11 is 0. The van der Waals surface area contributed by atoms with Gasteiger partial charge in [-0.1, -0.05) is 25.7 Å². The third-order valence-corrected chi connectivity index (χ3v) is 4.09. The van der Waals surface area contributed by atoms with Crippen molar-refractivity contribution >= 4 is 0 Å². The van der Waals surface area contributed by atoms with E-state index in [0.717, 1.165) is 19.3 Å². The number of hydrogen-bond donors (Lipinski definition) is 0. The maximum atomic E-state index is 13.9. The lowest BCUT2D eigenvalue weighted by molar-refractivity contribution is 0.253. The van der Waals surface area contributed by atoms with Crippen LogP contribution in [0.3, 0.4) is 0 Å². The molecule has 0 heterocycles. The summed E-state index contributed by atoms with van der Waals surface area (Å²) in [7, 11) is 0. The van der Waals surface area contributed by atoms with E-state index in [4.69, 9.17) is 9.47 Å². The van der Waals surface area contributed by atoms with Crippen molar-refractivity contribution in [1.29, 1.82) is 0 Å². The molecule has 4 heteroatoms. The fourth-order valence-electron chi connectivity index (χ4n) is 2.72. The Morgan fingerprint density at radius 3 is 2.30 bits per heavy atom. The van der Waals surface area contributed by atoms with E-state index in [1.165, 1.54) is 37.8 Å². The van der Waals surface area contributed by atoms with E-state index >= 15 is 0 Å². The molecular weight excluding hydrogens is 262 g/mol. The van der Waals surface area contributed by atoms with Gasteiger partial charge in [0, 0.05) is 0 Å². The first-order chi connectivity index (χ1) is 9.74. The van der Waals surface area contributed by atoms with Gasteiger partial charge in [-0.25, -0.2) is 0 Å². The summed E-state index contributed by atoms with van der Waals surface area (Å²) < 4.78 is 38.3. The Morgan fingerprint density at radius 2 is 1.60 bits per heavy atom. The van der Waals surface area contributed by atoms with E-state index < -0.39 is 11.6 Å². The Hall–Kier alpha value is -1.32. The molecule has 2 fully saturated rings. The summed E-state index contributed by atoms with van der Waals surface area (Å²) in [5, 5.41) is 0. The molecule has 0 aromatic heterocycles. The fourth-order valence-corrected chi connectivity index (χ4v) is 2.72. The predicted molar refractivity (Wildman–Crippen MR) is 72.1 cm³/mol. The zero-order chi connectivity index (χ0) is 13.9. The first kappa shape index (κ1) is 13.7. The molecule has 0 radical (unpaired) electrons. The summed E-state index contributed by atoms with van der Waals surface area (Å²) in [4.78, 5) is 0. The highest BCUT2D eigenvalue weighted by Crippen LogP contribution is 2.33. The van der Waals surface area contributed by atoms with Crippen molar-refractivity contribution in [1.82, 2.24) is 0 Å². The first-order valence-electron chi connectivity index (χ1n) is 7.51. The smallest absolute Gasteiger partial charge is 0.204 e. The molecule has 0 spiro atoms. The van der Waals surface area contributed by atoms with E-state index in [1.54, 1.807) is 0 Å². The Morgan fingerprint density at radius 1 is 0.950 bits per heavy atom. The minimum atomic E-state index is -0.936. The van der Waals surface area contributed by atoms with E-state index in [2.05, 4.69) is 0 Å². The lowest BCUT2D eigenvalue weighted by Gasteiger charge is -2.13. The third-order valence-electron chi connectivity index (χ3n) is 4.09. The van der Waals surface area contributed by atoms with Crippen molar-refractivity contribution in [3.8, 4) is 11.5 Å². The van der Waals surface area contributed by atoms with Crippen LogP contribution in [0.25, 0.3) is 0 Å². The van der Waals surface area contributed by atoms with Gasteiger partial charge >= 0.3 is 0 Å². The molecule has 0 N–H and O–H groups in total. The summed E-state index contributed by atoms with van der Waals surface area (Å²) in [6.45, 7) is 0.448. The van der Waals surface area contributed by atoms with Gasteiger partial charge in [0.2, 0.25) is 11.6 Å². The molecule has 0 bridgehead atoms. The number of ether oxygens (including phenoxy) is 2. The molecule has 2 nitrogen and oxygen atoms in total. The number of benzene rings is 1. The van der Waals surface area contributed by atoms with E-state index in [0.29, 0.717) is 12.5 Å². The maximum absolute atomic E-state index is 13.9. The van der Waals surface area contributed by atoms with Crippen molar-refractivity contribution in [2.75, 3.05) is 6.61 Å². The van der Waals surface area contributed by atoms with Gasteiger partial charge in [0.15, 0.2) is 11.5 Å². The van der Waals surface area contributed by atoms with Gasteiger partial charge in [0.05, 0.1) is 12.7 Å². The highest BCUT2D eigenvalue weighted by Gasteiger charge is 2.26. The minimum absolute atomic E-state index is 0.00635. The molecule has 1 aromatic carbocycles. The second kappa shape index (κ2) is 5.98. The monoisotopic (exact) mass is 282 g/mol. The van der Waals surface area contributed by atoms with Crippen molar-refractivity contribution in [2.45, 2.75) is 51.0 Å². The lowest BCUT2D eigenvalue weighted by Crippen LogP contribution is -2.06. The van der Waals surface area contributed by atoms with Gasteiger partial charge in [-0.3, -0.25) is 0 Å². The number of rotatable bonds is 6. The van der Waals surface area contributed by atoms with Crippen molar-refractivity contribution in [2.24, 2.45) is 5.92 Å². The van der Waals surface area contributed by atoms with Crippen LogP contribution >= 0.6 is 0 Å². The highest BCUT2D eigenvalue weighted by atomic mass is 19.2. The zero-order valence-electron chi connectivity index (χ0n) is 11.5. The number of hydrogen-bond acceptors (Lipinski definition) is 2. The van der Waals surface area contributed by atoms with Crippen LogP contribution in [0.15, 0.2) is 12.1 Å². The minimum Gasteiger partial charge on any atom is -0.490 e. The molecule has 2 aliphatic carbocycles. The standard InChI is InChI=1S/C16H20F2O2/c17-15-13(19-10-9-11-3-1-2-4-11)7-8-14(16(15)18)20-12-5-6-12/h7-8,11-12H,1-6,9-10H2. The van der Waals surface area contributed by atoms with Gasteiger partial charge in [-0.15, -0.1) is 0 Å². The second-order valence-corrected chi connectivity index (χ2v) is 5.79. The summed E-state index contributed by atoms with van der Waals surface area (Å²) in [5.74, 6) is -1.21. The van der Waals surface area contributed by atoms with E-state index in [1.807, 2.05) is 0 Å². The Bertz CT molecular complexity index is 466. The van der Waals surface area contributed by atoms with Crippen LogP contribution in [0.5, 0.6) is 11.5 Å². The molecule has 0 aliphatic heterocycles. The number of halogens is 2. The molecule has 2 aliphatic rings. The molecule has 3 rings (SSSR count). The van der Waals surface area contributed by atoms with E-state index in [9.17, 15) is 8.78 Å². The predicted octanol–water partition coefficient (Wildman–Crippen LogP) is 4.47. The Labute approximate surface area is 118 Å². The van der Waals surface area contributed by atoms with Gasteiger partial charge < -0.3 is 9.47 Å². The normalized spacial score (nSPS) is 19.3. The van der Waals surface area contributed by atoms with Crippen molar-refractivity contribution in [3.63, 3.8) is 0 Å². The molecule has 110 valence electrons. The average Bonchev–Trinajstić information content (AvgIpc) is 3.11. The van der Waals surface area contributed by atoms with Gasteiger partial charge in [-0.2, -0.15) is 8.78 Å². The third kappa shape index (κ3) is 3.22. The summed E-state index contributed by atoms with van der Waals surface area (Å²) in [6.07, 6.45) is 7.82. The van der Waals surface area contributed by atoms with Crippen molar-refractivity contribution < 1.29 is 18.3 Å². The molecular formula is C16H20F2O2. The Kier molecular flexibility index (Phi) is 4.08. The van der Waals surface area contributed by atoms with E-state index in [-0.39, 0.29) is 17.6 Å². The largest absolute Gasteiger partial charge is 0.490 e. The molecule has 0 atom stereocenters. The Balaban J connectivity index is 1.56. The molecule has 0 saturated heterocycles. The summed E-state index contributed by atoms with van der Waals surface area (Å²) in [5.41, 5.74) is 0. The quantitative estimate of drug-likeness (QED) is 0.766. The van der Waals surface area contributed by atoms with Crippen LogP contribution in [0.2, 0.25) is 0 Å². The van der Waals surface area contributed by atoms with Crippen LogP contribution in [-0.4, -0.2) is 12.7 Å². The zero-order valence-corrected chi connectivity index (χ0v) is 11.5. The average molecular weight is 282 g/mol. The van der Waals surface area contributed by atoms with Crippen LogP contribution < -0.4 is 9.47 Å². The molecule has 0 amide bonds. The van der Waals surface area contributed by atoms with Gasteiger partial charge in [0.1, 0.15) is 0 Å². The summed E-state index contributed by atoms with van der Waals surface area (Å²) in [6, 6.07) is 2.92. The van der Waals surface area contributed by atoms with Crippen LogP contribution in [0.4, 0.5) is 8.78 Å². The van der Waals surface area contributed by atoms with Crippen molar-refractivity contribution in [3.05, 3.63) is 23.8 Å². The van der Waals surface area contributed by atoms with Gasteiger partial charge in [0.25, 0.3) is 0 Å². The van der Waals surface area contributed by atoms with Crippen LogP contribution in [0.1, 0.15) is 44.9 Å². The first-order valence-corrected chi connectivity index (χ1v) is 7.51. The maximum Gasteiger partial charge on any atom is 0.204 e. The highest BCUT2D eigenvalue weighted by molar-refractivity contribution is 5.35. The molecule has 1 aromatic rings. The second-order valence-electron chi connectivity index (χ2n) is 5.79. The van der Waals surface area contributed by atoms with Crippen LogP contribution in [0, 0.1) is 17.6 Å². The molecule has 20 heavy (non-hydrogen) atoms. The SMILES string of the molecule is Fc1c(OCCC2CCCC2)ccc(OC2CC2)c1F. The van der Waals surface area contributed by atoms with Gasteiger partial charge in [-0.05, 0) is 37.3 Å². The molecule has 0 unspecified atom stereocenters. The molecule has 2 saturated carbocycles. The fraction of sp³-hybridized carbons (Fsp3) is 0.625. The van der Waals surface area contributed by atoms with Crippen LogP contribution in [-0.2, 0) is 0 Å². The topological polar surface area (TPSA) is 18.5 Å².